The van der Waals surface area contributed by atoms with Gasteiger partial charge in [-0.25, -0.2) is 9.29 Å². The molecule has 2 aromatic carbocycles. The molecule has 0 aliphatic carbocycles. The van der Waals surface area contributed by atoms with Crippen LogP contribution in [0.2, 0.25) is 0 Å². The average Bonchev–Trinajstić information content (AvgIpc) is 3.27. The van der Waals surface area contributed by atoms with E-state index >= 15 is 0 Å². The Labute approximate surface area is 180 Å². The summed E-state index contributed by atoms with van der Waals surface area (Å²) in [6, 6.07) is 19.1. The SMILES string of the molecule is Cc1nc(N2CCN(Cc3ccccc3)S2(=O)=O)sc1C(=O)NCc1ccccc1. The molecule has 1 aromatic heterocycles. The van der Waals surface area contributed by atoms with E-state index < -0.39 is 10.2 Å². The molecule has 3 aromatic rings. The fourth-order valence-corrected chi connectivity index (χ4v) is 6.04. The van der Waals surface area contributed by atoms with E-state index in [4.69, 9.17) is 0 Å². The Bertz CT molecular complexity index is 1130. The van der Waals surface area contributed by atoms with Gasteiger partial charge in [0.2, 0.25) is 5.13 Å². The van der Waals surface area contributed by atoms with Crippen molar-refractivity contribution in [2.45, 2.75) is 20.0 Å². The molecule has 1 aliphatic heterocycles. The van der Waals surface area contributed by atoms with Gasteiger partial charge in [-0.05, 0) is 18.1 Å². The molecule has 1 saturated heterocycles. The lowest BCUT2D eigenvalue weighted by molar-refractivity contribution is 0.0954. The summed E-state index contributed by atoms with van der Waals surface area (Å²) in [5.41, 5.74) is 2.45. The summed E-state index contributed by atoms with van der Waals surface area (Å²) in [6.07, 6.45) is 0. The van der Waals surface area contributed by atoms with Gasteiger partial charge in [0.05, 0.1) is 12.2 Å². The zero-order valence-corrected chi connectivity index (χ0v) is 18.1. The van der Waals surface area contributed by atoms with E-state index in [2.05, 4.69) is 10.3 Å². The third kappa shape index (κ3) is 4.23. The maximum Gasteiger partial charge on any atom is 0.306 e. The van der Waals surface area contributed by atoms with Crippen LogP contribution in [-0.2, 0) is 23.3 Å². The fraction of sp³-hybridized carbons (Fsp3) is 0.238. The van der Waals surface area contributed by atoms with Crippen molar-refractivity contribution in [1.82, 2.24) is 14.6 Å². The van der Waals surface area contributed by atoms with Gasteiger partial charge in [-0.3, -0.25) is 4.79 Å². The van der Waals surface area contributed by atoms with Gasteiger partial charge in [0.1, 0.15) is 4.88 Å². The summed E-state index contributed by atoms with van der Waals surface area (Å²) < 4.78 is 28.8. The standard InChI is InChI=1S/C21H22N4O3S2/c1-16-19(20(26)22-14-17-8-4-2-5-9-17)29-21(23-16)25-13-12-24(30(25,27)28)15-18-10-6-3-7-11-18/h2-11H,12-15H2,1H3,(H,22,26). The minimum atomic E-state index is -3.68. The Balaban J connectivity index is 1.48. The molecule has 7 nitrogen and oxygen atoms in total. The first-order valence-electron chi connectivity index (χ1n) is 9.56. The third-order valence-corrected chi connectivity index (χ3v) is 8.03. The molecule has 4 rings (SSSR count). The second kappa shape index (κ2) is 8.55. The number of carbonyl (C=O) groups excluding carboxylic acids is 1. The maximum absolute atomic E-state index is 13.0. The highest BCUT2D eigenvalue weighted by molar-refractivity contribution is 7.91. The first-order valence-corrected chi connectivity index (χ1v) is 11.8. The molecule has 1 fully saturated rings. The molecule has 9 heteroatoms. The van der Waals surface area contributed by atoms with Gasteiger partial charge in [-0.2, -0.15) is 12.7 Å². The number of thiazole rings is 1. The summed E-state index contributed by atoms with van der Waals surface area (Å²) >= 11 is 1.11. The smallest absolute Gasteiger partial charge is 0.306 e. The number of nitrogens with zero attached hydrogens (tertiary/aromatic N) is 3. The van der Waals surface area contributed by atoms with Gasteiger partial charge in [-0.15, -0.1) is 0 Å². The van der Waals surface area contributed by atoms with E-state index in [-0.39, 0.29) is 5.91 Å². The highest BCUT2D eigenvalue weighted by Gasteiger charge is 2.38. The quantitative estimate of drug-likeness (QED) is 0.636. The summed E-state index contributed by atoms with van der Waals surface area (Å²) in [5, 5.41) is 3.20. The lowest BCUT2D eigenvalue weighted by Crippen LogP contribution is -2.32. The zero-order valence-electron chi connectivity index (χ0n) is 16.5. The van der Waals surface area contributed by atoms with Gasteiger partial charge in [0.15, 0.2) is 0 Å². The lowest BCUT2D eigenvalue weighted by Gasteiger charge is -2.17. The van der Waals surface area contributed by atoms with E-state index in [0.717, 1.165) is 22.5 Å². The zero-order chi connectivity index (χ0) is 21.1. The Morgan fingerprint density at radius 2 is 1.67 bits per heavy atom. The van der Waals surface area contributed by atoms with Crippen LogP contribution in [0, 0.1) is 6.92 Å². The van der Waals surface area contributed by atoms with Crippen LogP contribution in [0.3, 0.4) is 0 Å². The Morgan fingerprint density at radius 1 is 1.03 bits per heavy atom. The minimum Gasteiger partial charge on any atom is -0.347 e. The molecule has 0 unspecified atom stereocenters. The van der Waals surface area contributed by atoms with Gasteiger partial charge >= 0.3 is 10.2 Å². The van der Waals surface area contributed by atoms with Gasteiger partial charge in [-0.1, -0.05) is 72.0 Å². The fourth-order valence-electron chi connectivity index (χ4n) is 3.27. The monoisotopic (exact) mass is 442 g/mol. The number of benzene rings is 2. The predicted octanol–water partition coefficient (Wildman–Crippen LogP) is 2.95. The van der Waals surface area contributed by atoms with Gasteiger partial charge in [0, 0.05) is 19.6 Å². The second-order valence-electron chi connectivity index (χ2n) is 6.98. The largest absolute Gasteiger partial charge is 0.347 e. The van der Waals surface area contributed by atoms with E-state index in [1.54, 1.807) is 6.92 Å². The molecular weight excluding hydrogens is 420 g/mol. The van der Waals surface area contributed by atoms with Crippen molar-refractivity contribution < 1.29 is 13.2 Å². The van der Waals surface area contributed by atoms with Crippen molar-refractivity contribution in [3.8, 4) is 0 Å². The van der Waals surface area contributed by atoms with Crippen LogP contribution in [0.4, 0.5) is 5.13 Å². The number of hydrogen-bond donors (Lipinski definition) is 1. The number of anilines is 1. The summed E-state index contributed by atoms with van der Waals surface area (Å²) in [7, 11) is -3.68. The van der Waals surface area contributed by atoms with Crippen molar-refractivity contribution >= 4 is 32.6 Å². The van der Waals surface area contributed by atoms with Crippen LogP contribution in [0.25, 0.3) is 0 Å². The molecule has 1 amide bonds. The molecule has 0 atom stereocenters. The molecule has 30 heavy (non-hydrogen) atoms. The third-order valence-electron chi connectivity index (χ3n) is 4.86. The van der Waals surface area contributed by atoms with Gasteiger partial charge in [0.25, 0.3) is 5.91 Å². The number of nitrogens with one attached hydrogen (secondary N) is 1. The minimum absolute atomic E-state index is 0.252. The molecule has 0 saturated carbocycles. The number of aromatic nitrogens is 1. The normalized spacial score (nSPS) is 16.0. The van der Waals surface area contributed by atoms with Crippen molar-refractivity contribution in [2.24, 2.45) is 0 Å². The van der Waals surface area contributed by atoms with Crippen molar-refractivity contribution in [2.75, 3.05) is 17.4 Å². The number of carbonyl (C=O) groups is 1. The maximum atomic E-state index is 13.0. The first kappa shape index (κ1) is 20.5. The summed E-state index contributed by atoms with van der Waals surface area (Å²) in [6.45, 7) is 3.13. The number of amides is 1. The molecular formula is C21H22N4O3S2. The van der Waals surface area contributed by atoms with E-state index in [9.17, 15) is 13.2 Å². The molecule has 2 heterocycles. The summed E-state index contributed by atoms with van der Waals surface area (Å²) in [4.78, 5) is 17.4. The van der Waals surface area contributed by atoms with Crippen LogP contribution in [0.15, 0.2) is 60.7 Å². The number of aryl methyl sites for hydroxylation is 1. The molecule has 156 valence electrons. The van der Waals surface area contributed by atoms with Crippen molar-refractivity contribution in [3.05, 3.63) is 82.4 Å². The number of hydrogen-bond acceptors (Lipinski definition) is 5. The first-order chi connectivity index (χ1) is 14.4. The lowest BCUT2D eigenvalue weighted by atomic mass is 10.2. The summed E-state index contributed by atoms with van der Waals surface area (Å²) in [5.74, 6) is -0.252. The average molecular weight is 443 g/mol. The van der Waals surface area contributed by atoms with E-state index in [1.165, 1.54) is 8.61 Å². The Kier molecular flexibility index (Phi) is 5.85. The van der Waals surface area contributed by atoms with Crippen LogP contribution in [0.5, 0.6) is 0 Å². The highest BCUT2D eigenvalue weighted by Crippen LogP contribution is 2.32. The predicted molar refractivity (Wildman–Crippen MR) is 118 cm³/mol. The van der Waals surface area contributed by atoms with Crippen molar-refractivity contribution in [3.63, 3.8) is 0 Å². The Morgan fingerprint density at radius 3 is 2.33 bits per heavy atom. The topological polar surface area (TPSA) is 82.6 Å². The van der Waals surface area contributed by atoms with E-state index in [0.29, 0.717) is 41.9 Å². The van der Waals surface area contributed by atoms with Crippen LogP contribution in [0.1, 0.15) is 26.5 Å². The van der Waals surface area contributed by atoms with Crippen LogP contribution in [-0.4, -0.2) is 36.7 Å². The molecule has 0 bridgehead atoms. The van der Waals surface area contributed by atoms with Crippen LogP contribution >= 0.6 is 11.3 Å². The van der Waals surface area contributed by atoms with Crippen molar-refractivity contribution in [1.29, 1.82) is 0 Å². The van der Waals surface area contributed by atoms with Crippen LogP contribution < -0.4 is 9.62 Å². The highest BCUT2D eigenvalue weighted by atomic mass is 32.2. The molecule has 0 radical (unpaired) electrons. The molecule has 0 spiro atoms. The van der Waals surface area contributed by atoms with Gasteiger partial charge < -0.3 is 5.32 Å². The number of rotatable bonds is 6. The second-order valence-corrected chi connectivity index (χ2v) is 9.81. The van der Waals surface area contributed by atoms with E-state index in [1.807, 2.05) is 60.7 Å². The molecule has 1 aliphatic rings. The Hall–Kier alpha value is -2.75. The molecule has 1 N–H and O–H groups in total.